The molecule has 0 radical (unpaired) electrons. The largest absolute Gasteiger partial charge is 0.868 e. The maximum Gasteiger partial charge on any atom is 0.440 e. The predicted octanol–water partition coefficient (Wildman–Crippen LogP) is 5.07. The second kappa shape index (κ2) is 8.61. The first-order valence-corrected chi connectivity index (χ1v) is 9.42. The van der Waals surface area contributed by atoms with E-state index in [0.29, 0.717) is 4.47 Å². The summed E-state index contributed by atoms with van der Waals surface area (Å²) in [7, 11) is 0. The number of pyridine rings is 1. The molecule has 1 heterocycles. The molecule has 7 heteroatoms. The Labute approximate surface area is 174 Å². The number of rotatable bonds is 4. The van der Waals surface area contributed by atoms with Crippen molar-refractivity contribution in [2.24, 2.45) is 4.99 Å². The van der Waals surface area contributed by atoms with E-state index in [-0.39, 0.29) is 11.3 Å². The van der Waals surface area contributed by atoms with E-state index in [4.69, 9.17) is 0 Å². The van der Waals surface area contributed by atoms with Gasteiger partial charge in [-0.2, -0.15) is 17.7 Å². The second-order valence-electron chi connectivity index (χ2n) is 6.26. The highest BCUT2D eigenvalue weighted by atomic mass is 79.9. The first-order chi connectivity index (χ1) is 13.8. The van der Waals surface area contributed by atoms with E-state index >= 15 is 0 Å². The lowest BCUT2D eigenvalue weighted by molar-refractivity contribution is -0.578. The van der Waals surface area contributed by atoms with Crippen LogP contribution in [0, 0.1) is 6.92 Å². The Morgan fingerprint density at radius 2 is 1.52 bits per heavy atom. The summed E-state index contributed by atoms with van der Waals surface area (Å²) >= 11 is 3.24. The lowest BCUT2D eigenvalue weighted by Crippen LogP contribution is -2.43. The Balaban J connectivity index is 2.29. The number of nitrogens with zero attached hydrogens (tertiary/aromatic N) is 2. The van der Waals surface area contributed by atoms with Crippen LogP contribution in [0.25, 0.3) is 11.5 Å². The highest BCUT2D eigenvalue weighted by molar-refractivity contribution is 9.10. The van der Waals surface area contributed by atoms with Gasteiger partial charge in [0.2, 0.25) is 11.4 Å². The number of alkyl halides is 3. The van der Waals surface area contributed by atoms with Crippen LogP contribution in [-0.4, -0.2) is 11.9 Å². The number of aliphatic imine (C=N–C) groups is 1. The van der Waals surface area contributed by atoms with Crippen molar-refractivity contribution in [1.82, 2.24) is 0 Å². The highest BCUT2D eigenvalue weighted by Crippen LogP contribution is 2.29. The fourth-order valence-corrected chi connectivity index (χ4v) is 2.88. The SMILES string of the molecule is Cc1cc[n+](/C(C(=Nc2ccc(Br)cc2)C(F)(F)F)=C(/[O-])c2ccccc2)cc1. The summed E-state index contributed by atoms with van der Waals surface area (Å²) in [4.78, 5) is 3.81. The van der Waals surface area contributed by atoms with Crippen LogP contribution in [0.1, 0.15) is 11.1 Å². The molecule has 0 bridgehead atoms. The summed E-state index contributed by atoms with van der Waals surface area (Å²) in [5.41, 5.74) is -0.741. The molecular weight excluding hydrogens is 445 g/mol. The highest BCUT2D eigenvalue weighted by Gasteiger charge is 2.43. The summed E-state index contributed by atoms with van der Waals surface area (Å²) in [6.45, 7) is 1.81. The van der Waals surface area contributed by atoms with E-state index in [1.54, 1.807) is 42.5 Å². The zero-order valence-corrected chi connectivity index (χ0v) is 16.9. The number of aryl methyl sites for hydroxylation is 1. The molecule has 0 aliphatic carbocycles. The van der Waals surface area contributed by atoms with Crippen molar-refractivity contribution in [3.8, 4) is 0 Å². The van der Waals surface area contributed by atoms with Gasteiger partial charge in [-0.1, -0.05) is 46.3 Å². The number of hydrogen-bond acceptors (Lipinski definition) is 2. The molecule has 0 saturated heterocycles. The molecule has 0 spiro atoms. The van der Waals surface area contributed by atoms with Gasteiger partial charge < -0.3 is 5.11 Å². The predicted molar refractivity (Wildman–Crippen MR) is 108 cm³/mol. The van der Waals surface area contributed by atoms with Crippen LogP contribution in [0.2, 0.25) is 0 Å². The van der Waals surface area contributed by atoms with Crippen molar-refractivity contribution in [3.05, 3.63) is 94.7 Å². The van der Waals surface area contributed by atoms with E-state index in [9.17, 15) is 18.3 Å². The minimum Gasteiger partial charge on any atom is -0.868 e. The van der Waals surface area contributed by atoms with Crippen LogP contribution < -0.4 is 9.67 Å². The van der Waals surface area contributed by atoms with Crippen LogP contribution in [0.3, 0.4) is 0 Å². The zero-order chi connectivity index (χ0) is 21.0. The van der Waals surface area contributed by atoms with Gasteiger partial charge in [0.25, 0.3) is 0 Å². The second-order valence-corrected chi connectivity index (χ2v) is 7.18. The Hall–Kier alpha value is -2.93. The molecule has 0 fully saturated rings. The van der Waals surface area contributed by atoms with Crippen LogP contribution in [0.5, 0.6) is 0 Å². The van der Waals surface area contributed by atoms with Crippen LogP contribution >= 0.6 is 15.9 Å². The molecular formula is C22H16BrF3N2O. The summed E-state index contributed by atoms with van der Waals surface area (Å²) in [6.07, 6.45) is -1.99. The van der Waals surface area contributed by atoms with Crippen LogP contribution in [0.15, 0.2) is 88.6 Å². The number of aromatic nitrogens is 1. The van der Waals surface area contributed by atoms with E-state index in [2.05, 4.69) is 20.9 Å². The minimum atomic E-state index is -4.84. The van der Waals surface area contributed by atoms with Crippen molar-refractivity contribution in [2.45, 2.75) is 13.1 Å². The molecule has 0 atom stereocenters. The third-order valence-corrected chi connectivity index (χ3v) is 4.59. The summed E-state index contributed by atoms with van der Waals surface area (Å²) in [5.74, 6) is -0.771. The van der Waals surface area contributed by atoms with Crippen molar-refractivity contribution in [1.29, 1.82) is 0 Å². The van der Waals surface area contributed by atoms with E-state index < -0.39 is 23.3 Å². The third-order valence-electron chi connectivity index (χ3n) is 4.07. The number of hydrogen-bond donors (Lipinski definition) is 0. The van der Waals surface area contributed by atoms with Crippen molar-refractivity contribution in [2.75, 3.05) is 0 Å². The molecule has 148 valence electrons. The molecule has 2 aromatic carbocycles. The first-order valence-electron chi connectivity index (χ1n) is 8.62. The van der Waals surface area contributed by atoms with Crippen LogP contribution in [0.4, 0.5) is 18.9 Å². The van der Waals surface area contributed by atoms with Crippen LogP contribution in [-0.2, 0) is 0 Å². The molecule has 0 N–H and O–H groups in total. The van der Waals surface area contributed by atoms with Gasteiger partial charge in [0.05, 0.1) is 5.69 Å². The lowest BCUT2D eigenvalue weighted by Gasteiger charge is -2.18. The normalized spacial score (nSPS) is 13.2. The van der Waals surface area contributed by atoms with Crippen molar-refractivity contribution < 1.29 is 22.8 Å². The monoisotopic (exact) mass is 460 g/mol. The van der Waals surface area contributed by atoms with Gasteiger partial charge in [-0.3, -0.25) is 0 Å². The summed E-state index contributed by atoms with van der Waals surface area (Å²) in [6, 6.07) is 17.2. The van der Waals surface area contributed by atoms with Gasteiger partial charge in [0.1, 0.15) is 0 Å². The molecule has 0 aliphatic rings. The maximum absolute atomic E-state index is 14.0. The Morgan fingerprint density at radius 1 is 0.931 bits per heavy atom. The van der Waals surface area contributed by atoms with E-state index in [1.165, 1.54) is 36.7 Å². The van der Waals surface area contributed by atoms with Gasteiger partial charge in [-0.25, -0.2) is 4.99 Å². The molecule has 3 rings (SSSR count). The van der Waals surface area contributed by atoms with E-state index in [0.717, 1.165) is 10.1 Å². The average molecular weight is 461 g/mol. The molecule has 0 aliphatic heterocycles. The lowest BCUT2D eigenvalue weighted by atomic mass is 10.1. The molecule has 3 nitrogen and oxygen atoms in total. The molecule has 29 heavy (non-hydrogen) atoms. The molecule has 3 aromatic rings. The van der Waals surface area contributed by atoms with Gasteiger partial charge >= 0.3 is 6.18 Å². The summed E-state index contributed by atoms with van der Waals surface area (Å²) in [5, 5.41) is 13.1. The Bertz CT molecular complexity index is 1040. The summed E-state index contributed by atoms with van der Waals surface area (Å²) < 4.78 is 44.0. The number of benzene rings is 2. The Morgan fingerprint density at radius 3 is 2.07 bits per heavy atom. The van der Waals surface area contributed by atoms with Gasteiger partial charge in [0.15, 0.2) is 12.4 Å². The zero-order valence-electron chi connectivity index (χ0n) is 15.3. The minimum absolute atomic E-state index is 0.0894. The fourth-order valence-electron chi connectivity index (χ4n) is 2.62. The van der Waals surface area contributed by atoms with E-state index in [1.807, 2.05) is 6.92 Å². The average Bonchev–Trinajstić information content (AvgIpc) is 2.70. The Kier molecular flexibility index (Phi) is 6.17. The van der Waals surface area contributed by atoms with Crippen molar-refractivity contribution >= 4 is 38.8 Å². The molecule has 0 unspecified atom stereocenters. The quantitative estimate of drug-likeness (QED) is 0.304. The molecule has 0 amide bonds. The number of halogens is 4. The molecule has 0 saturated carbocycles. The molecule has 1 aromatic heterocycles. The third kappa shape index (κ3) is 5.12. The topological polar surface area (TPSA) is 39.3 Å². The van der Waals surface area contributed by atoms with Crippen molar-refractivity contribution in [3.63, 3.8) is 0 Å². The standard InChI is InChI=1S/C22H16BrF3N2O/c1-15-11-13-28(14-12-15)19(20(29)16-5-3-2-4-6-16)21(22(24,25)26)27-18-9-7-17(23)8-10-18/h2-14H,1H3. The van der Waals surface area contributed by atoms with Gasteiger partial charge in [-0.15, -0.1) is 0 Å². The first kappa shape index (κ1) is 20.8. The maximum atomic E-state index is 14.0. The van der Waals surface area contributed by atoms with Gasteiger partial charge in [0, 0.05) is 16.6 Å². The van der Waals surface area contributed by atoms with Gasteiger partial charge in [-0.05, 0) is 48.1 Å². The number of allylic oxidation sites excluding steroid dienone is 1. The smallest absolute Gasteiger partial charge is 0.440 e. The fraction of sp³-hybridized carbons (Fsp3) is 0.0909.